The molecule has 5 heteroatoms. The van der Waals surface area contributed by atoms with Crippen molar-refractivity contribution in [2.75, 3.05) is 6.54 Å². The highest BCUT2D eigenvalue weighted by molar-refractivity contribution is 5.68. The van der Waals surface area contributed by atoms with Gasteiger partial charge in [-0.2, -0.15) is 0 Å². The molecule has 4 rings (SSSR count). The van der Waals surface area contributed by atoms with E-state index in [9.17, 15) is 4.79 Å². The van der Waals surface area contributed by atoms with Gasteiger partial charge in [-0.25, -0.2) is 9.78 Å². The predicted octanol–water partition coefficient (Wildman–Crippen LogP) is 5.60. The SMILES string of the molecule is CC(C)(C)OC(=O)NCC#Cc1cn(C(c2ccccc2)(c2ccccc2)c2ccccc2)cn1. The summed E-state index contributed by atoms with van der Waals surface area (Å²) in [5, 5.41) is 2.65. The number of nitrogens with one attached hydrogen (secondary N) is 1. The third-order valence-corrected chi connectivity index (χ3v) is 5.48. The number of carbonyl (C=O) groups excluding carboxylic acids is 1. The van der Waals surface area contributed by atoms with Gasteiger partial charge in [-0.3, -0.25) is 0 Å². The van der Waals surface area contributed by atoms with Crippen LogP contribution in [-0.4, -0.2) is 27.8 Å². The van der Waals surface area contributed by atoms with Crippen LogP contribution in [0.2, 0.25) is 0 Å². The lowest BCUT2D eigenvalue weighted by Gasteiger charge is -2.37. The molecule has 3 aromatic carbocycles. The van der Waals surface area contributed by atoms with Crippen LogP contribution < -0.4 is 5.32 Å². The number of hydrogen-bond donors (Lipinski definition) is 1. The Kier molecular flexibility index (Phi) is 7.03. The van der Waals surface area contributed by atoms with Gasteiger partial charge in [0.25, 0.3) is 0 Å². The lowest BCUT2D eigenvalue weighted by Crippen LogP contribution is -2.36. The van der Waals surface area contributed by atoms with Crippen LogP contribution in [0.1, 0.15) is 43.2 Å². The number of carbonyl (C=O) groups is 1. The van der Waals surface area contributed by atoms with E-state index in [0.717, 1.165) is 16.7 Å². The molecule has 0 radical (unpaired) electrons. The van der Waals surface area contributed by atoms with E-state index in [0.29, 0.717) is 5.69 Å². The number of imidazole rings is 1. The van der Waals surface area contributed by atoms with Crippen LogP contribution in [0.25, 0.3) is 0 Å². The van der Waals surface area contributed by atoms with E-state index in [1.807, 2.05) is 51.5 Å². The maximum atomic E-state index is 11.9. The van der Waals surface area contributed by atoms with E-state index in [1.54, 1.807) is 0 Å². The van der Waals surface area contributed by atoms with Crippen molar-refractivity contribution in [3.8, 4) is 11.8 Å². The van der Waals surface area contributed by atoms with Crippen molar-refractivity contribution in [2.45, 2.75) is 31.9 Å². The fraction of sp³-hybridized carbons (Fsp3) is 0.200. The van der Waals surface area contributed by atoms with Crippen LogP contribution in [0.3, 0.4) is 0 Å². The van der Waals surface area contributed by atoms with Crippen molar-refractivity contribution >= 4 is 6.09 Å². The van der Waals surface area contributed by atoms with Gasteiger partial charge in [-0.15, -0.1) is 0 Å². The molecule has 0 saturated heterocycles. The molecule has 0 unspecified atom stereocenters. The van der Waals surface area contributed by atoms with E-state index in [2.05, 4.69) is 99.5 Å². The first-order valence-corrected chi connectivity index (χ1v) is 11.6. The van der Waals surface area contributed by atoms with Crippen molar-refractivity contribution in [1.29, 1.82) is 0 Å². The predicted molar refractivity (Wildman–Crippen MR) is 138 cm³/mol. The lowest BCUT2D eigenvalue weighted by atomic mass is 9.77. The zero-order valence-electron chi connectivity index (χ0n) is 20.2. The van der Waals surface area contributed by atoms with Crippen molar-refractivity contribution in [1.82, 2.24) is 14.9 Å². The minimum atomic E-state index is -0.633. The first-order chi connectivity index (χ1) is 16.9. The Morgan fingerprint density at radius 1 is 0.857 bits per heavy atom. The standard InChI is InChI=1S/C30H29N3O2/c1-29(2,3)35-28(34)31-21-13-20-27-22-33(23-32-27)30(24-14-7-4-8-15-24,25-16-9-5-10-17-25)26-18-11-6-12-19-26/h4-12,14-19,22-23H,21H2,1-3H3,(H,31,34). The van der Waals surface area contributed by atoms with Gasteiger partial charge in [0, 0.05) is 6.20 Å². The van der Waals surface area contributed by atoms with E-state index >= 15 is 0 Å². The van der Waals surface area contributed by atoms with Crippen LogP contribution in [0.4, 0.5) is 4.79 Å². The molecule has 0 aliphatic carbocycles. The van der Waals surface area contributed by atoms with Gasteiger partial charge in [0.2, 0.25) is 0 Å². The van der Waals surface area contributed by atoms with E-state index in [-0.39, 0.29) is 6.54 Å². The first kappa shape index (κ1) is 23.8. The molecule has 176 valence electrons. The second-order valence-electron chi connectivity index (χ2n) is 9.13. The van der Waals surface area contributed by atoms with Gasteiger partial charge in [0.1, 0.15) is 16.8 Å². The number of benzene rings is 3. The van der Waals surface area contributed by atoms with Crippen molar-refractivity contribution < 1.29 is 9.53 Å². The average molecular weight is 464 g/mol. The van der Waals surface area contributed by atoms with Crippen LogP contribution >= 0.6 is 0 Å². The van der Waals surface area contributed by atoms with Crippen molar-refractivity contribution in [3.05, 3.63) is 126 Å². The van der Waals surface area contributed by atoms with Crippen LogP contribution in [0.5, 0.6) is 0 Å². The molecule has 35 heavy (non-hydrogen) atoms. The Bertz CT molecular complexity index is 1220. The molecule has 1 N–H and O–H groups in total. The molecule has 5 nitrogen and oxygen atoms in total. The normalized spacial score (nSPS) is 11.3. The quantitative estimate of drug-likeness (QED) is 0.310. The third kappa shape index (κ3) is 5.44. The fourth-order valence-electron chi connectivity index (χ4n) is 4.12. The minimum Gasteiger partial charge on any atom is -0.444 e. The number of hydrogen-bond acceptors (Lipinski definition) is 3. The Labute approximate surface area is 206 Å². The van der Waals surface area contributed by atoms with E-state index < -0.39 is 17.2 Å². The highest BCUT2D eigenvalue weighted by atomic mass is 16.6. The second kappa shape index (κ2) is 10.3. The van der Waals surface area contributed by atoms with Gasteiger partial charge in [-0.1, -0.05) is 96.9 Å². The second-order valence-corrected chi connectivity index (χ2v) is 9.13. The molecule has 0 saturated carbocycles. The summed E-state index contributed by atoms with van der Waals surface area (Å²) in [7, 11) is 0. The molecule has 0 aliphatic rings. The third-order valence-electron chi connectivity index (χ3n) is 5.48. The number of ether oxygens (including phenoxy) is 1. The smallest absolute Gasteiger partial charge is 0.408 e. The summed E-state index contributed by atoms with van der Waals surface area (Å²) in [4.78, 5) is 16.4. The zero-order chi connectivity index (χ0) is 24.7. The molecule has 0 spiro atoms. The van der Waals surface area contributed by atoms with Crippen LogP contribution in [0, 0.1) is 11.8 Å². The molecule has 0 atom stereocenters. The van der Waals surface area contributed by atoms with E-state index in [4.69, 9.17) is 4.74 Å². The number of rotatable bonds is 5. The monoisotopic (exact) mass is 463 g/mol. The molecule has 0 fully saturated rings. The van der Waals surface area contributed by atoms with Crippen LogP contribution in [0.15, 0.2) is 104 Å². The maximum absolute atomic E-state index is 11.9. The van der Waals surface area contributed by atoms with Gasteiger partial charge in [0.05, 0.1) is 12.9 Å². The lowest BCUT2D eigenvalue weighted by molar-refractivity contribution is 0.0535. The Morgan fingerprint density at radius 3 is 1.80 bits per heavy atom. The highest BCUT2D eigenvalue weighted by Gasteiger charge is 2.38. The number of alkyl carbamates (subject to hydrolysis) is 1. The highest BCUT2D eigenvalue weighted by Crippen LogP contribution is 2.40. The molecule has 1 heterocycles. The summed E-state index contributed by atoms with van der Waals surface area (Å²) in [5.74, 6) is 6.02. The van der Waals surface area contributed by atoms with Gasteiger partial charge >= 0.3 is 6.09 Å². The summed E-state index contributed by atoms with van der Waals surface area (Å²) >= 11 is 0. The summed E-state index contributed by atoms with van der Waals surface area (Å²) < 4.78 is 7.36. The molecule has 1 aromatic heterocycles. The molecule has 4 aromatic rings. The van der Waals surface area contributed by atoms with Crippen molar-refractivity contribution in [2.24, 2.45) is 0 Å². The molecule has 0 aliphatic heterocycles. The summed E-state index contributed by atoms with van der Waals surface area (Å²) in [5.41, 5.74) is 2.77. The maximum Gasteiger partial charge on any atom is 0.408 e. The van der Waals surface area contributed by atoms with Gasteiger partial charge in [0.15, 0.2) is 0 Å². The molecule has 0 bridgehead atoms. The number of nitrogens with zero attached hydrogens (tertiary/aromatic N) is 2. The Morgan fingerprint density at radius 2 is 1.34 bits per heavy atom. The summed E-state index contributed by atoms with van der Waals surface area (Å²) in [6, 6.07) is 31.2. The fourth-order valence-corrected chi connectivity index (χ4v) is 4.12. The zero-order valence-corrected chi connectivity index (χ0v) is 20.2. The summed E-state index contributed by atoms with van der Waals surface area (Å²) in [6.45, 7) is 5.64. The minimum absolute atomic E-state index is 0.170. The Balaban J connectivity index is 1.73. The van der Waals surface area contributed by atoms with E-state index in [1.165, 1.54) is 0 Å². The van der Waals surface area contributed by atoms with Crippen molar-refractivity contribution in [3.63, 3.8) is 0 Å². The molecular formula is C30H29N3O2. The number of aromatic nitrogens is 2. The Hall–Kier alpha value is -4.30. The summed E-state index contributed by atoms with van der Waals surface area (Å²) in [6.07, 6.45) is 3.28. The largest absolute Gasteiger partial charge is 0.444 e. The molecular weight excluding hydrogens is 434 g/mol. The number of amides is 1. The van der Waals surface area contributed by atoms with Crippen LogP contribution in [-0.2, 0) is 10.3 Å². The van der Waals surface area contributed by atoms with Gasteiger partial charge < -0.3 is 14.6 Å². The first-order valence-electron chi connectivity index (χ1n) is 11.6. The topological polar surface area (TPSA) is 56.1 Å². The van der Waals surface area contributed by atoms with Gasteiger partial charge in [-0.05, 0) is 43.4 Å². The molecule has 1 amide bonds. The average Bonchev–Trinajstić information content (AvgIpc) is 3.32.